The van der Waals surface area contributed by atoms with Gasteiger partial charge in [-0.05, 0) is 140 Å². The highest BCUT2D eigenvalue weighted by Gasteiger charge is 2.26. The summed E-state index contributed by atoms with van der Waals surface area (Å²) in [5.74, 6) is 0.830. The van der Waals surface area contributed by atoms with E-state index in [-0.39, 0.29) is 29.1 Å². The Morgan fingerprint density at radius 1 is 0.595 bits per heavy atom. The van der Waals surface area contributed by atoms with Crippen molar-refractivity contribution in [3.8, 4) is 17.2 Å². The summed E-state index contributed by atoms with van der Waals surface area (Å²) in [6.07, 6.45) is 0.781. The molecule has 3 aromatic carbocycles. The van der Waals surface area contributed by atoms with Crippen LogP contribution in [0.4, 0.5) is 0 Å². The van der Waals surface area contributed by atoms with Crippen molar-refractivity contribution in [2.45, 2.75) is 66.7 Å². The van der Waals surface area contributed by atoms with Gasteiger partial charge in [0.15, 0.2) is 0 Å². The van der Waals surface area contributed by atoms with Crippen LogP contribution in [0.3, 0.4) is 0 Å². The van der Waals surface area contributed by atoms with E-state index in [1.165, 1.54) is 0 Å². The van der Waals surface area contributed by atoms with Gasteiger partial charge in [-0.1, -0.05) is 26.7 Å². The van der Waals surface area contributed by atoms with E-state index in [4.69, 9.17) is 0 Å². The molecule has 0 spiro atoms. The van der Waals surface area contributed by atoms with E-state index in [1.54, 1.807) is 0 Å². The summed E-state index contributed by atoms with van der Waals surface area (Å²) in [6, 6.07) is 11.6. The Bertz CT molecular complexity index is 1340. The van der Waals surface area contributed by atoms with Crippen LogP contribution in [0.5, 0.6) is 17.2 Å². The maximum atomic E-state index is 10.6. The van der Waals surface area contributed by atoms with E-state index >= 15 is 0 Å². The molecular weight excluding hydrogens is 456 g/mol. The van der Waals surface area contributed by atoms with Gasteiger partial charge in [0.2, 0.25) is 0 Å². The van der Waals surface area contributed by atoms with Gasteiger partial charge in [-0.25, -0.2) is 0 Å². The highest BCUT2D eigenvalue weighted by Crippen LogP contribution is 2.43. The summed E-state index contributed by atoms with van der Waals surface area (Å²) in [7, 11) is 0. The fourth-order valence-corrected chi connectivity index (χ4v) is 5.34. The molecule has 3 N–H and O–H groups in total. The molecule has 3 aromatic rings. The van der Waals surface area contributed by atoms with Crippen molar-refractivity contribution in [2.24, 2.45) is 0 Å². The number of hydrogen-bond acceptors (Lipinski definition) is 3. The third-order valence-electron chi connectivity index (χ3n) is 7.40. The van der Waals surface area contributed by atoms with Gasteiger partial charge >= 0.3 is 0 Å². The summed E-state index contributed by atoms with van der Waals surface area (Å²) < 4.78 is 0. The number of phenolic OH excluding ortho intramolecular Hbond substituents is 3. The molecule has 0 fully saturated rings. The van der Waals surface area contributed by atoms with Crippen molar-refractivity contribution >= 4 is 16.7 Å². The second-order valence-electron chi connectivity index (χ2n) is 10.7. The Kier molecular flexibility index (Phi) is 8.07. The molecule has 0 radical (unpaired) electrons. The first kappa shape index (κ1) is 27.9. The first-order chi connectivity index (χ1) is 17.2. The largest absolute Gasteiger partial charge is 0.507 e. The third-order valence-corrected chi connectivity index (χ3v) is 7.40. The molecule has 0 aromatic heterocycles. The van der Waals surface area contributed by atoms with Gasteiger partial charge in [0.25, 0.3) is 0 Å². The van der Waals surface area contributed by atoms with Gasteiger partial charge in [0.1, 0.15) is 17.2 Å². The zero-order valence-electron chi connectivity index (χ0n) is 23.3. The van der Waals surface area contributed by atoms with Gasteiger partial charge in [-0.15, -0.1) is 0 Å². The summed E-state index contributed by atoms with van der Waals surface area (Å²) in [4.78, 5) is 0. The third kappa shape index (κ3) is 5.67. The smallest absolute Gasteiger partial charge is 0.123 e. The van der Waals surface area contributed by atoms with Crippen molar-refractivity contribution < 1.29 is 15.3 Å². The molecule has 0 saturated heterocycles. The maximum absolute atomic E-state index is 10.6. The average Bonchev–Trinajstić information content (AvgIpc) is 2.77. The Morgan fingerprint density at radius 3 is 1.22 bits per heavy atom. The van der Waals surface area contributed by atoms with E-state index in [9.17, 15) is 15.3 Å². The van der Waals surface area contributed by atoms with Crippen molar-refractivity contribution in [2.75, 3.05) is 0 Å². The maximum Gasteiger partial charge on any atom is 0.123 e. The lowest BCUT2D eigenvalue weighted by Crippen LogP contribution is -2.11. The molecule has 0 amide bonds. The Hall–Kier alpha value is -3.72. The first-order valence-corrected chi connectivity index (χ1v) is 12.7. The topological polar surface area (TPSA) is 60.7 Å². The number of aromatic hydroxyl groups is 3. The Balaban J connectivity index is 2.26. The quantitative estimate of drug-likeness (QED) is 0.291. The summed E-state index contributed by atoms with van der Waals surface area (Å²) in [6.45, 7) is 26.2. The van der Waals surface area contributed by atoms with Crippen molar-refractivity contribution in [1.29, 1.82) is 0 Å². The normalized spacial score (nSPS) is 12.0. The Labute approximate surface area is 222 Å². The van der Waals surface area contributed by atoms with Crippen molar-refractivity contribution in [3.05, 3.63) is 106 Å². The zero-order valence-corrected chi connectivity index (χ0v) is 23.3. The van der Waals surface area contributed by atoms with E-state index in [1.807, 2.05) is 59.7 Å². The van der Waals surface area contributed by atoms with Gasteiger partial charge < -0.3 is 15.3 Å². The monoisotopic (exact) mass is 496 g/mol. The molecule has 0 aliphatic heterocycles. The molecule has 3 heteroatoms. The van der Waals surface area contributed by atoms with Crippen LogP contribution in [0.15, 0.2) is 56.1 Å². The van der Waals surface area contributed by atoms with Crippen molar-refractivity contribution in [3.63, 3.8) is 0 Å². The number of hydrogen-bond donors (Lipinski definition) is 3. The van der Waals surface area contributed by atoms with E-state index in [2.05, 4.69) is 44.9 Å². The Morgan fingerprint density at radius 2 is 0.892 bits per heavy atom. The lowest BCUT2D eigenvalue weighted by Gasteiger charge is -2.28. The van der Waals surface area contributed by atoms with Crippen LogP contribution in [0.1, 0.15) is 96.0 Å². The summed E-state index contributed by atoms with van der Waals surface area (Å²) in [5, 5.41) is 31.7. The highest BCUT2D eigenvalue weighted by molar-refractivity contribution is 5.71. The van der Waals surface area contributed by atoms with E-state index in [0.29, 0.717) is 0 Å². The molecular formula is C34H40O3. The van der Waals surface area contributed by atoms with E-state index in [0.717, 1.165) is 73.2 Å². The predicted molar refractivity (Wildman–Crippen MR) is 158 cm³/mol. The summed E-state index contributed by atoms with van der Waals surface area (Å²) in [5.41, 5.74) is 11.1. The SMILES string of the molecule is C=C(C)c1cc(C(C)CC(c2cc(C(=C)C)c(O)cc2C)c2cc(C(=C)C)c(O)cc2C)c(C)cc1O. The van der Waals surface area contributed by atoms with Gasteiger partial charge in [-0.3, -0.25) is 0 Å². The molecule has 0 heterocycles. The molecule has 37 heavy (non-hydrogen) atoms. The molecule has 1 unspecified atom stereocenters. The minimum Gasteiger partial charge on any atom is -0.507 e. The number of phenols is 3. The van der Waals surface area contributed by atoms with Crippen LogP contribution in [-0.4, -0.2) is 15.3 Å². The lowest BCUT2D eigenvalue weighted by molar-refractivity contribution is 0.472. The van der Waals surface area contributed by atoms with E-state index < -0.39 is 0 Å². The minimum absolute atomic E-state index is 0.0196. The molecule has 3 nitrogen and oxygen atoms in total. The highest BCUT2D eigenvalue weighted by atomic mass is 16.3. The minimum atomic E-state index is -0.0196. The molecule has 1 atom stereocenters. The van der Waals surface area contributed by atoms with Gasteiger partial charge in [0.05, 0.1) is 0 Å². The molecule has 0 aliphatic rings. The van der Waals surface area contributed by atoms with Crippen LogP contribution >= 0.6 is 0 Å². The van der Waals surface area contributed by atoms with Crippen molar-refractivity contribution in [1.82, 2.24) is 0 Å². The average molecular weight is 497 g/mol. The van der Waals surface area contributed by atoms with Crippen LogP contribution in [0, 0.1) is 20.8 Å². The molecule has 0 saturated carbocycles. The fraction of sp³-hybridized carbons (Fsp3) is 0.294. The lowest BCUT2D eigenvalue weighted by atomic mass is 9.76. The van der Waals surface area contributed by atoms with Crippen LogP contribution in [0.25, 0.3) is 16.7 Å². The fourth-order valence-electron chi connectivity index (χ4n) is 5.34. The van der Waals surface area contributed by atoms with Crippen LogP contribution in [-0.2, 0) is 0 Å². The predicted octanol–water partition coefficient (Wildman–Crippen LogP) is 9.15. The number of rotatable bonds is 8. The second kappa shape index (κ2) is 10.7. The second-order valence-corrected chi connectivity index (χ2v) is 10.7. The molecule has 194 valence electrons. The van der Waals surface area contributed by atoms with Crippen LogP contribution < -0.4 is 0 Å². The number of aryl methyl sites for hydroxylation is 3. The molecule has 0 bridgehead atoms. The van der Waals surface area contributed by atoms with Crippen LogP contribution in [0.2, 0.25) is 0 Å². The first-order valence-electron chi connectivity index (χ1n) is 12.7. The van der Waals surface area contributed by atoms with Gasteiger partial charge in [-0.2, -0.15) is 0 Å². The number of allylic oxidation sites excluding steroid dienone is 3. The number of benzene rings is 3. The zero-order chi connectivity index (χ0) is 27.8. The molecule has 0 aliphatic carbocycles. The summed E-state index contributed by atoms with van der Waals surface area (Å²) >= 11 is 0. The molecule has 3 rings (SSSR count). The van der Waals surface area contributed by atoms with Gasteiger partial charge in [0, 0.05) is 22.6 Å². The standard InChI is InChI=1S/C34H40O3/c1-18(2)25-15-28(22(8)12-32(25)35)21(7)11-31(29-16-26(19(3)4)33(36)13-23(29)9)30-17-27(20(5)6)34(37)14-24(30)10/h12-17,21,31,35-37H,1,3,5,11H2,2,4,6-10H3.